The van der Waals surface area contributed by atoms with Crippen molar-refractivity contribution in [3.8, 4) is 0 Å². The number of rotatable bonds is 4. The SMILES string of the molecule is CCOC(=O)[C@]1(O)CC[C@@H](O[Si](C)(C)C(C)(C)C)CC1. The molecule has 1 aliphatic carbocycles. The molecule has 1 fully saturated rings. The maximum absolute atomic E-state index is 11.8. The van der Waals surface area contributed by atoms with Crippen LogP contribution in [0.1, 0.15) is 53.4 Å². The zero-order chi connectivity index (χ0) is 15.6. The highest BCUT2D eigenvalue weighted by atomic mass is 28.4. The highest BCUT2D eigenvalue weighted by molar-refractivity contribution is 6.74. The summed E-state index contributed by atoms with van der Waals surface area (Å²) in [6.07, 6.45) is 2.48. The van der Waals surface area contributed by atoms with Gasteiger partial charge >= 0.3 is 5.97 Å². The molecule has 4 nitrogen and oxygen atoms in total. The van der Waals surface area contributed by atoms with Crippen molar-refractivity contribution >= 4 is 14.3 Å². The molecule has 0 amide bonds. The summed E-state index contributed by atoms with van der Waals surface area (Å²) >= 11 is 0. The normalized spacial score (nSPS) is 28.2. The van der Waals surface area contributed by atoms with E-state index in [1.165, 1.54) is 0 Å². The lowest BCUT2D eigenvalue weighted by Gasteiger charge is -2.42. The van der Waals surface area contributed by atoms with Gasteiger partial charge in [-0.2, -0.15) is 0 Å². The second-order valence-electron chi connectivity index (χ2n) is 7.33. The average molecular weight is 302 g/mol. The van der Waals surface area contributed by atoms with Gasteiger partial charge in [0, 0.05) is 6.10 Å². The van der Waals surface area contributed by atoms with Crippen LogP contribution in [0.5, 0.6) is 0 Å². The fourth-order valence-electron chi connectivity index (χ4n) is 2.25. The van der Waals surface area contributed by atoms with E-state index in [2.05, 4.69) is 33.9 Å². The van der Waals surface area contributed by atoms with Gasteiger partial charge in [0.2, 0.25) is 0 Å². The molecule has 0 aromatic heterocycles. The number of ether oxygens (including phenoxy) is 1. The summed E-state index contributed by atoms with van der Waals surface area (Å²) in [5.41, 5.74) is -1.30. The zero-order valence-corrected chi connectivity index (χ0v) is 14.8. The third-order valence-electron chi connectivity index (χ3n) is 4.68. The molecule has 0 saturated heterocycles. The average Bonchev–Trinajstić information content (AvgIpc) is 2.31. The van der Waals surface area contributed by atoms with Gasteiger partial charge in [-0.05, 0) is 50.7 Å². The van der Waals surface area contributed by atoms with Gasteiger partial charge in [0.15, 0.2) is 13.9 Å². The summed E-state index contributed by atoms with van der Waals surface area (Å²) in [5, 5.41) is 10.5. The largest absolute Gasteiger partial charge is 0.464 e. The number of carbonyl (C=O) groups excluding carboxylic acids is 1. The molecule has 0 spiro atoms. The van der Waals surface area contributed by atoms with Crippen LogP contribution < -0.4 is 0 Å². The van der Waals surface area contributed by atoms with Gasteiger partial charge < -0.3 is 14.3 Å². The van der Waals surface area contributed by atoms with E-state index in [1.807, 2.05) is 0 Å². The van der Waals surface area contributed by atoms with Crippen molar-refractivity contribution in [3.05, 3.63) is 0 Å². The lowest BCUT2D eigenvalue weighted by atomic mass is 9.83. The molecule has 5 heteroatoms. The van der Waals surface area contributed by atoms with Crippen molar-refractivity contribution in [1.82, 2.24) is 0 Å². The van der Waals surface area contributed by atoms with E-state index >= 15 is 0 Å². The minimum atomic E-state index is -1.78. The van der Waals surface area contributed by atoms with E-state index in [4.69, 9.17) is 9.16 Å². The monoisotopic (exact) mass is 302 g/mol. The van der Waals surface area contributed by atoms with Gasteiger partial charge in [-0.1, -0.05) is 20.8 Å². The Hall–Kier alpha value is -0.393. The molecule has 0 bridgehead atoms. The Morgan fingerprint density at radius 3 is 2.20 bits per heavy atom. The van der Waals surface area contributed by atoms with Crippen LogP contribution in [0.4, 0.5) is 0 Å². The first-order chi connectivity index (χ1) is 9.02. The molecule has 1 rings (SSSR count). The van der Waals surface area contributed by atoms with Gasteiger partial charge in [0.05, 0.1) is 6.61 Å². The van der Waals surface area contributed by atoms with E-state index in [0.29, 0.717) is 19.4 Å². The maximum Gasteiger partial charge on any atom is 0.338 e. The van der Waals surface area contributed by atoms with Crippen LogP contribution in [0, 0.1) is 0 Å². The molecule has 1 N–H and O–H groups in total. The topological polar surface area (TPSA) is 55.8 Å². The smallest absolute Gasteiger partial charge is 0.338 e. The Bertz CT molecular complexity index is 338. The van der Waals surface area contributed by atoms with E-state index in [0.717, 1.165) is 12.8 Å². The third kappa shape index (κ3) is 4.05. The van der Waals surface area contributed by atoms with Crippen molar-refractivity contribution in [2.24, 2.45) is 0 Å². The number of aliphatic hydroxyl groups is 1. The van der Waals surface area contributed by atoms with Crippen molar-refractivity contribution in [1.29, 1.82) is 0 Å². The van der Waals surface area contributed by atoms with Gasteiger partial charge in [-0.3, -0.25) is 0 Å². The Labute approximate surface area is 124 Å². The molecule has 1 saturated carbocycles. The number of hydrogen-bond donors (Lipinski definition) is 1. The quantitative estimate of drug-likeness (QED) is 0.640. The molecule has 0 aliphatic heterocycles. The standard InChI is InChI=1S/C15H30O4Si/c1-7-18-13(16)15(17)10-8-12(9-11-15)19-20(5,6)14(2,3)4/h12,17H,7-11H2,1-6H3/t12-,15+. The van der Waals surface area contributed by atoms with E-state index in [1.54, 1.807) is 6.92 Å². The van der Waals surface area contributed by atoms with Crippen LogP contribution in [-0.4, -0.2) is 37.7 Å². The fraction of sp³-hybridized carbons (Fsp3) is 0.933. The summed E-state index contributed by atoms with van der Waals surface area (Å²) in [6.45, 7) is 13.2. The fourth-order valence-corrected chi connectivity index (χ4v) is 3.67. The Morgan fingerprint density at radius 2 is 1.80 bits per heavy atom. The maximum atomic E-state index is 11.8. The highest BCUT2D eigenvalue weighted by Crippen LogP contribution is 2.40. The number of hydrogen-bond acceptors (Lipinski definition) is 4. The molecule has 20 heavy (non-hydrogen) atoms. The van der Waals surface area contributed by atoms with Crippen molar-refractivity contribution < 1.29 is 19.1 Å². The molecular weight excluding hydrogens is 272 g/mol. The van der Waals surface area contributed by atoms with Crippen LogP contribution >= 0.6 is 0 Å². The number of esters is 1. The summed E-state index contributed by atoms with van der Waals surface area (Å²) in [6, 6.07) is 0. The van der Waals surface area contributed by atoms with Crippen LogP contribution in [-0.2, 0) is 14.0 Å². The van der Waals surface area contributed by atoms with Gasteiger partial charge in [0.1, 0.15) is 0 Å². The Kier molecular flexibility index (Phi) is 5.44. The summed E-state index contributed by atoms with van der Waals surface area (Å²) in [4.78, 5) is 11.8. The van der Waals surface area contributed by atoms with Crippen LogP contribution in [0.2, 0.25) is 18.1 Å². The van der Waals surface area contributed by atoms with Gasteiger partial charge in [0.25, 0.3) is 0 Å². The molecule has 118 valence electrons. The van der Waals surface area contributed by atoms with Crippen molar-refractivity contribution in [2.45, 2.75) is 83.2 Å². The molecule has 1 aliphatic rings. The molecule has 0 aromatic rings. The minimum absolute atomic E-state index is 0.158. The lowest BCUT2D eigenvalue weighted by molar-refractivity contribution is -0.170. The molecular formula is C15H30O4Si. The van der Waals surface area contributed by atoms with Crippen molar-refractivity contribution in [3.63, 3.8) is 0 Å². The first-order valence-electron chi connectivity index (χ1n) is 7.59. The summed E-state index contributed by atoms with van der Waals surface area (Å²) < 4.78 is 11.3. The molecule has 0 unspecified atom stereocenters. The Balaban J connectivity index is 2.57. The van der Waals surface area contributed by atoms with Crippen molar-refractivity contribution in [2.75, 3.05) is 6.61 Å². The van der Waals surface area contributed by atoms with E-state index < -0.39 is 19.9 Å². The summed E-state index contributed by atoms with van der Waals surface area (Å²) in [5.74, 6) is -0.481. The predicted octanol–water partition coefficient (Wildman–Crippen LogP) is 3.25. The van der Waals surface area contributed by atoms with Gasteiger partial charge in [-0.15, -0.1) is 0 Å². The zero-order valence-electron chi connectivity index (χ0n) is 13.8. The minimum Gasteiger partial charge on any atom is -0.464 e. The second-order valence-corrected chi connectivity index (χ2v) is 12.1. The van der Waals surface area contributed by atoms with E-state index in [9.17, 15) is 9.90 Å². The first kappa shape index (κ1) is 17.7. The molecule has 0 radical (unpaired) electrons. The highest BCUT2D eigenvalue weighted by Gasteiger charge is 2.44. The van der Waals surface area contributed by atoms with Crippen LogP contribution in [0.25, 0.3) is 0 Å². The summed E-state index contributed by atoms with van der Waals surface area (Å²) in [7, 11) is -1.78. The molecule has 0 atom stereocenters. The Morgan fingerprint density at radius 1 is 1.30 bits per heavy atom. The lowest BCUT2D eigenvalue weighted by Crippen LogP contribution is -2.49. The first-order valence-corrected chi connectivity index (χ1v) is 10.5. The van der Waals surface area contributed by atoms with Crippen LogP contribution in [0.3, 0.4) is 0 Å². The van der Waals surface area contributed by atoms with Crippen LogP contribution in [0.15, 0.2) is 0 Å². The molecule has 0 heterocycles. The second kappa shape index (κ2) is 6.16. The van der Waals surface area contributed by atoms with E-state index in [-0.39, 0.29) is 11.1 Å². The van der Waals surface area contributed by atoms with Gasteiger partial charge in [-0.25, -0.2) is 4.79 Å². The third-order valence-corrected chi connectivity index (χ3v) is 9.22. The predicted molar refractivity (Wildman–Crippen MR) is 82.1 cm³/mol. The molecule has 0 aromatic carbocycles. The number of carbonyl (C=O) groups is 1.